The van der Waals surface area contributed by atoms with Gasteiger partial charge in [-0.1, -0.05) is 0 Å². The van der Waals surface area contributed by atoms with Gasteiger partial charge in [-0.25, -0.2) is 0 Å². The number of nitrogens with one attached hydrogen (secondary N) is 2. The molecule has 0 spiro atoms. The molecule has 1 fully saturated rings. The first-order chi connectivity index (χ1) is 11.3. The van der Waals surface area contributed by atoms with Gasteiger partial charge in [0.15, 0.2) is 5.96 Å². The van der Waals surface area contributed by atoms with Crippen molar-refractivity contribution in [1.82, 2.24) is 10.6 Å². The van der Waals surface area contributed by atoms with E-state index in [9.17, 15) is 0 Å². The number of hydrogen-bond donors (Lipinski definition) is 2. The summed E-state index contributed by atoms with van der Waals surface area (Å²) in [5.74, 6) is 3.88. The first kappa shape index (κ1) is 17.8. The summed E-state index contributed by atoms with van der Waals surface area (Å²) in [7, 11) is 5.18. The minimum absolute atomic E-state index is 0.715. The van der Waals surface area contributed by atoms with Crippen molar-refractivity contribution in [3.8, 4) is 11.5 Å². The summed E-state index contributed by atoms with van der Waals surface area (Å²) >= 11 is 2.05. The van der Waals surface area contributed by atoms with Gasteiger partial charge >= 0.3 is 0 Å². The van der Waals surface area contributed by atoms with Crippen LogP contribution in [0.25, 0.3) is 0 Å². The SMILES string of the molecule is CN=C(NCCc1cc(OC)ccc1OC)NCC1CCCS1. The van der Waals surface area contributed by atoms with Crippen molar-refractivity contribution >= 4 is 17.7 Å². The molecule has 0 bridgehead atoms. The van der Waals surface area contributed by atoms with Gasteiger partial charge in [-0.2, -0.15) is 11.8 Å². The van der Waals surface area contributed by atoms with Crippen molar-refractivity contribution < 1.29 is 9.47 Å². The fraction of sp³-hybridized carbons (Fsp3) is 0.588. The Kier molecular flexibility index (Phi) is 7.39. The molecule has 128 valence electrons. The van der Waals surface area contributed by atoms with E-state index in [0.29, 0.717) is 5.25 Å². The number of rotatable bonds is 7. The van der Waals surface area contributed by atoms with Crippen LogP contribution in [0, 0.1) is 0 Å². The van der Waals surface area contributed by atoms with Gasteiger partial charge in [0.1, 0.15) is 11.5 Å². The maximum Gasteiger partial charge on any atom is 0.191 e. The maximum absolute atomic E-state index is 5.41. The highest BCUT2D eigenvalue weighted by Crippen LogP contribution is 2.25. The zero-order chi connectivity index (χ0) is 16.5. The standard InChI is InChI=1S/C17H27N3O2S/c1-18-17(20-12-15-5-4-10-23-15)19-9-8-13-11-14(21-2)6-7-16(13)22-3/h6-7,11,15H,4-5,8-10,12H2,1-3H3,(H2,18,19,20). The van der Waals surface area contributed by atoms with E-state index in [1.54, 1.807) is 14.2 Å². The molecular weight excluding hydrogens is 310 g/mol. The van der Waals surface area contributed by atoms with Gasteiger partial charge < -0.3 is 20.1 Å². The second-order valence-corrected chi connectivity index (χ2v) is 6.85. The molecule has 1 heterocycles. The molecular formula is C17H27N3O2S. The van der Waals surface area contributed by atoms with Gasteiger partial charge in [0.05, 0.1) is 14.2 Å². The maximum atomic E-state index is 5.41. The van der Waals surface area contributed by atoms with Gasteiger partial charge in [0.25, 0.3) is 0 Å². The minimum Gasteiger partial charge on any atom is -0.497 e. The Bertz CT molecular complexity index is 517. The Hall–Kier alpha value is -1.56. The third-order valence-electron chi connectivity index (χ3n) is 3.92. The van der Waals surface area contributed by atoms with Crippen molar-refractivity contribution in [2.75, 3.05) is 40.1 Å². The van der Waals surface area contributed by atoms with Crippen LogP contribution >= 0.6 is 11.8 Å². The topological polar surface area (TPSA) is 54.9 Å². The van der Waals surface area contributed by atoms with Gasteiger partial charge in [-0.3, -0.25) is 4.99 Å². The number of methoxy groups -OCH3 is 2. The van der Waals surface area contributed by atoms with Gasteiger partial charge in [0, 0.05) is 25.4 Å². The smallest absolute Gasteiger partial charge is 0.191 e. The molecule has 0 amide bonds. The lowest BCUT2D eigenvalue weighted by atomic mass is 10.1. The van der Waals surface area contributed by atoms with E-state index in [1.807, 2.05) is 37.0 Å². The van der Waals surface area contributed by atoms with Crippen LogP contribution in [0.1, 0.15) is 18.4 Å². The van der Waals surface area contributed by atoms with Gasteiger partial charge in [0.2, 0.25) is 0 Å². The van der Waals surface area contributed by atoms with Crippen molar-refractivity contribution in [2.45, 2.75) is 24.5 Å². The average Bonchev–Trinajstić information content (AvgIpc) is 3.11. The molecule has 2 N–H and O–H groups in total. The molecule has 1 aliphatic heterocycles. The lowest BCUT2D eigenvalue weighted by Crippen LogP contribution is -2.40. The van der Waals surface area contributed by atoms with Crippen LogP contribution in [0.3, 0.4) is 0 Å². The number of hydrogen-bond acceptors (Lipinski definition) is 4. The quantitative estimate of drug-likeness (QED) is 0.591. The Morgan fingerprint density at radius 2 is 2.17 bits per heavy atom. The number of thioether (sulfide) groups is 1. The summed E-state index contributed by atoms with van der Waals surface area (Å²) in [6, 6.07) is 5.87. The van der Waals surface area contributed by atoms with E-state index in [4.69, 9.17) is 9.47 Å². The summed E-state index contributed by atoms with van der Waals surface area (Å²) in [6.45, 7) is 1.77. The van der Waals surface area contributed by atoms with Gasteiger partial charge in [-0.05, 0) is 48.8 Å². The zero-order valence-electron chi connectivity index (χ0n) is 14.2. The fourth-order valence-electron chi connectivity index (χ4n) is 2.63. The zero-order valence-corrected chi connectivity index (χ0v) is 15.0. The average molecular weight is 337 g/mol. The first-order valence-electron chi connectivity index (χ1n) is 8.04. The molecule has 1 aromatic carbocycles. The summed E-state index contributed by atoms with van der Waals surface area (Å²) in [5.41, 5.74) is 1.13. The lowest BCUT2D eigenvalue weighted by molar-refractivity contribution is 0.398. The van der Waals surface area contributed by atoms with E-state index in [1.165, 1.54) is 18.6 Å². The Morgan fingerprint density at radius 3 is 2.83 bits per heavy atom. The second-order valence-electron chi connectivity index (χ2n) is 5.44. The van der Waals surface area contributed by atoms with Crippen LogP contribution in [-0.2, 0) is 6.42 Å². The molecule has 1 unspecified atom stereocenters. The molecule has 1 atom stereocenters. The molecule has 1 aromatic rings. The van der Waals surface area contributed by atoms with E-state index >= 15 is 0 Å². The first-order valence-corrected chi connectivity index (χ1v) is 9.08. The second kappa shape index (κ2) is 9.55. The van der Waals surface area contributed by atoms with Crippen LogP contribution in [-0.4, -0.2) is 51.3 Å². The van der Waals surface area contributed by atoms with Crippen LogP contribution < -0.4 is 20.1 Å². The van der Waals surface area contributed by atoms with E-state index in [-0.39, 0.29) is 0 Å². The summed E-state index contributed by atoms with van der Waals surface area (Å²) in [5, 5.41) is 7.49. The minimum atomic E-state index is 0.715. The van der Waals surface area contributed by atoms with Crippen LogP contribution in [0.5, 0.6) is 11.5 Å². The molecule has 0 saturated carbocycles. The molecule has 5 nitrogen and oxygen atoms in total. The van der Waals surface area contributed by atoms with Crippen LogP contribution in [0.4, 0.5) is 0 Å². The highest BCUT2D eigenvalue weighted by atomic mass is 32.2. The Labute approximate surface area is 143 Å². The van der Waals surface area contributed by atoms with E-state index in [0.717, 1.165) is 42.5 Å². The third-order valence-corrected chi connectivity index (χ3v) is 5.32. The lowest BCUT2D eigenvalue weighted by Gasteiger charge is -2.15. The van der Waals surface area contributed by atoms with Crippen molar-refractivity contribution in [3.63, 3.8) is 0 Å². The molecule has 0 radical (unpaired) electrons. The fourth-order valence-corrected chi connectivity index (χ4v) is 3.83. The number of nitrogens with zero attached hydrogens (tertiary/aromatic N) is 1. The molecule has 2 rings (SSSR count). The number of aliphatic imine (C=N–C) groups is 1. The van der Waals surface area contributed by atoms with Crippen molar-refractivity contribution in [3.05, 3.63) is 23.8 Å². The monoisotopic (exact) mass is 337 g/mol. The highest BCUT2D eigenvalue weighted by Gasteiger charge is 2.15. The molecule has 0 aromatic heterocycles. The molecule has 1 saturated heterocycles. The Balaban J connectivity index is 1.80. The summed E-state index contributed by atoms with van der Waals surface area (Å²) in [4.78, 5) is 4.29. The summed E-state index contributed by atoms with van der Waals surface area (Å²) < 4.78 is 10.7. The number of benzene rings is 1. The van der Waals surface area contributed by atoms with E-state index in [2.05, 4.69) is 15.6 Å². The highest BCUT2D eigenvalue weighted by molar-refractivity contribution is 8.00. The normalized spacial score (nSPS) is 17.9. The number of guanidine groups is 1. The third kappa shape index (κ3) is 5.53. The van der Waals surface area contributed by atoms with Gasteiger partial charge in [-0.15, -0.1) is 0 Å². The molecule has 0 aliphatic carbocycles. The number of ether oxygens (including phenoxy) is 2. The predicted molar refractivity (Wildman–Crippen MR) is 98.1 cm³/mol. The molecule has 23 heavy (non-hydrogen) atoms. The predicted octanol–water partition coefficient (Wildman–Crippen LogP) is 2.31. The van der Waals surface area contributed by atoms with Crippen LogP contribution in [0.2, 0.25) is 0 Å². The summed E-state index contributed by atoms with van der Waals surface area (Å²) in [6.07, 6.45) is 3.48. The molecule has 6 heteroatoms. The largest absolute Gasteiger partial charge is 0.497 e. The Morgan fingerprint density at radius 1 is 1.30 bits per heavy atom. The van der Waals surface area contributed by atoms with Crippen molar-refractivity contribution in [2.24, 2.45) is 4.99 Å². The van der Waals surface area contributed by atoms with E-state index < -0.39 is 0 Å². The van der Waals surface area contributed by atoms with Crippen LogP contribution in [0.15, 0.2) is 23.2 Å². The van der Waals surface area contributed by atoms with Crippen molar-refractivity contribution in [1.29, 1.82) is 0 Å². The molecule has 1 aliphatic rings.